The van der Waals surface area contributed by atoms with Crippen LogP contribution in [-0.4, -0.2) is 28.5 Å². The molecule has 7 nitrogen and oxygen atoms in total. The van der Waals surface area contributed by atoms with E-state index < -0.39 is 26.0 Å². The number of para-hydroxylation sites is 1. The standard InChI is InChI=1S/C22H20N2O5S2/c25-22-15-16-30(26,27)24(22)20-11-13-21(14-12-20)31(28,29)23(19-9-5-2-6-10-19)17-18-7-3-1-4-8-18/h1-14H,15-17H2. The molecule has 0 N–H and O–H groups in total. The van der Waals surface area contributed by atoms with Gasteiger partial charge in [-0.1, -0.05) is 48.5 Å². The van der Waals surface area contributed by atoms with Crippen molar-refractivity contribution in [2.75, 3.05) is 14.4 Å². The Hall–Kier alpha value is -3.17. The molecule has 160 valence electrons. The number of amides is 1. The van der Waals surface area contributed by atoms with Crippen LogP contribution in [0.5, 0.6) is 0 Å². The van der Waals surface area contributed by atoms with Gasteiger partial charge in [0.2, 0.25) is 15.9 Å². The normalized spacial score (nSPS) is 15.7. The molecule has 0 saturated carbocycles. The summed E-state index contributed by atoms with van der Waals surface area (Å²) in [5, 5.41) is 0. The van der Waals surface area contributed by atoms with Crippen LogP contribution in [0, 0.1) is 0 Å². The lowest BCUT2D eigenvalue weighted by Crippen LogP contribution is -2.31. The Labute approximate surface area is 181 Å². The van der Waals surface area contributed by atoms with Gasteiger partial charge in [-0.25, -0.2) is 21.1 Å². The fourth-order valence-electron chi connectivity index (χ4n) is 3.41. The summed E-state index contributed by atoms with van der Waals surface area (Å²) in [6, 6.07) is 23.3. The maximum Gasteiger partial charge on any atom is 0.264 e. The van der Waals surface area contributed by atoms with Crippen molar-refractivity contribution in [3.05, 3.63) is 90.5 Å². The molecule has 3 aromatic rings. The molecule has 9 heteroatoms. The highest BCUT2D eigenvalue weighted by atomic mass is 32.2. The van der Waals surface area contributed by atoms with Gasteiger partial charge in [0.1, 0.15) is 0 Å². The van der Waals surface area contributed by atoms with E-state index in [2.05, 4.69) is 0 Å². The number of carbonyl (C=O) groups is 1. The lowest BCUT2D eigenvalue weighted by atomic mass is 10.2. The maximum atomic E-state index is 13.5. The van der Waals surface area contributed by atoms with E-state index in [1.807, 2.05) is 30.3 Å². The first-order valence-corrected chi connectivity index (χ1v) is 12.6. The number of carbonyl (C=O) groups excluding carboxylic acids is 1. The van der Waals surface area contributed by atoms with Crippen LogP contribution in [0.3, 0.4) is 0 Å². The van der Waals surface area contributed by atoms with Crippen LogP contribution < -0.4 is 8.61 Å². The zero-order valence-corrected chi connectivity index (χ0v) is 18.1. The molecular weight excluding hydrogens is 436 g/mol. The van der Waals surface area contributed by atoms with Crippen molar-refractivity contribution < 1.29 is 21.6 Å². The molecule has 1 heterocycles. The van der Waals surface area contributed by atoms with Crippen LogP contribution in [0.1, 0.15) is 12.0 Å². The van der Waals surface area contributed by atoms with Gasteiger partial charge in [-0.05, 0) is 42.0 Å². The predicted molar refractivity (Wildman–Crippen MR) is 119 cm³/mol. The van der Waals surface area contributed by atoms with Crippen molar-refractivity contribution in [3.63, 3.8) is 0 Å². The number of sulfonamides is 2. The molecule has 0 aromatic heterocycles. The molecular formula is C22H20N2O5S2. The second kappa shape index (κ2) is 8.16. The lowest BCUT2D eigenvalue weighted by molar-refractivity contribution is -0.116. The van der Waals surface area contributed by atoms with Crippen molar-refractivity contribution in [1.29, 1.82) is 0 Å². The third-order valence-corrected chi connectivity index (χ3v) is 8.43. The van der Waals surface area contributed by atoms with Gasteiger partial charge < -0.3 is 0 Å². The molecule has 3 aromatic carbocycles. The van der Waals surface area contributed by atoms with Gasteiger partial charge in [0.25, 0.3) is 10.0 Å². The molecule has 0 spiro atoms. The molecule has 0 unspecified atom stereocenters. The van der Waals surface area contributed by atoms with Gasteiger partial charge in [-0.2, -0.15) is 0 Å². The first-order valence-electron chi connectivity index (χ1n) is 9.57. The van der Waals surface area contributed by atoms with E-state index in [9.17, 15) is 21.6 Å². The molecule has 0 aliphatic carbocycles. The largest absolute Gasteiger partial charge is 0.273 e. The van der Waals surface area contributed by atoms with Crippen LogP contribution >= 0.6 is 0 Å². The Bertz CT molecular complexity index is 1290. The minimum Gasteiger partial charge on any atom is -0.273 e. The lowest BCUT2D eigenvalue weighted by Gasteiger charge is -2.25. The van der Waals surface area contributed by atoms with E-state index in [0.717, 1.165) is 9.87 Å². The summed E-state index contributed by atoms with van der Waals surface area (Å²) in [6.45, 7) is 0.133. The second-order valence-electron chi connectivity index (χ2n) is 7.05. The fourth-order valence-corrected chi connectivity index (χ4v) is 6.32. The summed E-state index contributed by atoms with van der Waals surface area (Å²) in [4.78, 5) is 12.0. The Morgan fingerprint density at radius 1 is 0.839 bits per heavy atom. The zero-order valence-electron chi connectivity index (χ0n) is 16.5. The number of anilines is 2. The molecule has 31 heavy (non-hydrogen) atoms. The molecule has 1 aliphatic rings. The predicted octanol–water partition coefficient (Wildman–Crippen LogP) is 3.15. The minimum atomic E-state index is -3.95. The number of benzene rings is 3. The maximum absolute atomic E-state index is 13.5. The van der Waals surface area contributed by atoms with Gasteiger partial charge in [-0.15, -0.1) is 0 Å². The average Bonchev–Trinajstić information content (AvgIpc) is 3.05. The monoisotopic (exact) mass is 456 g/mol. The third kappa shape index (κ3) is 4.19. The summed E-state index contributed by atoms with van der Waals surface area (Å²) in [7, 11) is -7.67. The van der Waals surface area contributed by atoms with Gasteiger partial charge in [0, 0.05) is 6.42 Å². The Morgan fingerprint density at radius 2 is 1.42 bits per heavy atom. The van der Waals surface area contributed by atoms with Crippen LogP contribution in [0.4, 0.5) is 11.4 Å². The zero-order chi connectivity index (χ0) is 22.1. The van der Waals surface area contributed by atoms with Crippen molar-refractivity contribution >= 4 is 37.3 Å². The number of hydrogen-bond acceptors (Lipinski definition) is 5. The second-order valence-corrected chi connectivity index (χ2v) is 10.9. The van der Waals surface area contributed by atoms with E-state index in [1.165, 1.54) is 28.6 Å². The van der Waals surface area contributed by atoms with Crippen molar-refractivity contribution in [1.82, 2.24) is 0 Å². The van der Waals surface area contributed by atoms with E-state index in [-0.39, 0.29) is 29.3 Å². The van der Waals surface area contributed by atoms with E-state index in [1.54, 1.807) is 30.3 Å². The van der Waals surface area contributed by atoms with E-state index in [0.29, 0.717) is 5.69 Å². The topological polar surface area (TPSA) is 91.8 Å². The molecule has 4 rings (SSSR count). The molecule has 0 radical (unpaired) electrons. The molecule has 1 fully saturated rings. The van der Waals surface area contributed by atoms with Crippen molar-refractivity contribution in [2.45, 2.75) is 17.9 Å². The molecule has 1 amide bonds. The summed E-state index contributed by atoms with van der Waals surface area (Å²) in [5.41, 5.74) is 1.46. The van der Waals surface area contributed by atoms with Crippen LogP contribution in [0.2, 0.25) is 0 Å². The summed E-state index contributed by atoms with van der Waals surface area (Å²) in [6.07, 6.45) is -0.0821. The van der Waals surface area contributed by atoms with E-state index in [4.69, 9.17) is 0 Å². The van der Waals surface area contributed by atoms with Gasteiger partial charge >= 0.3 is 0 Å². The Balaban J connectivity index is 1.71. The molecule has 1 aliphatic heterocycles. The number of hydrogen-bond donors (Lipinski definition) is 0. The number of rotatable bonds is 6. The summed E-state index contributed by atoms with van der Waals surface area (Å²) >= 11 is 0. The van der Waals surface area contributed by atoms with E-state index >= 15 is 0 Å². The fraction of sp³-hybridized carbons (Fsp3) is 0.136. The van der Waals surface area contributed by atoms with Gasteiger partial charge in [-0.3, -0.25) is 9.10 Å². The van der Waals surface area contributed by atoms with Crippen molar-refractivity contribution in [3.8, 4) is 0 Å². The molecule has 0 atom stereocenters. The van der Waals surface area contributed by atoms with Gasteiger partial charge in [0.05, 0.1) is 28.6 Å². The first-order chi connectivity index (χ1) is 14.8. The van der Waals surface area contributed by atoms with Gasteiger partial charge in [0.15, 0.2) is 0 Å². The SMILES string of the molecule is O=C1CCS(=O)(=O)N1c1ccc(S(=O)(=O)N(Cc2ccccc2)c2ccccc2)cc1. The smallest absolute Gasteiger partial charge is 0.264 e. The summed E-state index contributed by atoms with van der Waals surface area (Å²) < 4.78 is 53.3. The van der Waals surface area contributed by atoms with Crippen LogP contribution in [-0.2, 0) is 31.4 Å². The van der Waals surface area contributed by atoms with Crippen LogP contribution in [0.25, 0.3) is 0 Å². The quantitative estimate of drug-likeness (QED) is 0.568. The summed E-state index contributed by atoms with van der Waals surface area (Å²) in [5.74, 6) is -0.768. The minimum absolute atomic E-state index is 0.0000723. The van der Waals surface area contributed by atoms with Crippen molar-refractivity contribution in [2.24, 2.45) is 0 Å². The highest BCUT2D eigenvalue weighted by molar-refractivity contribution is 7.94. The highest BCUT2D eigenvalue weighted by Crippen LogP contribution is 2.29. The average molecular weight is 457 g/mol. The number of nitrogens with zero attached hydrogens (tertiary/aromatic N) is 2. The Morgan fingerprint density at radius 3 is 1.97 bits per heavy atom. The third-order valence-electron chi connectivity index (χ3n) is 4.95. The van der Waals surface area contributed by atoms with Crippen LogP contribution in [0.15, 0.2) is 89.8 Å². The molecule has 0 bridgehead atoms. The molecule has 1 saturated heterocycles. The first kappa shape index (κ1) is 21.1. The Kier molecular flexibility index (Phi) is 5.55. The highest BCUT2D eigenvalue weighted by Gasteiger charge is 2.36.